The third kappa shape index (κ3) is 3.90. The molecule has 0 unspecified atom stereocenters. The molecule has 9 heavy (non-hydrogen) atoms. The molecular weight excluding hydrogens is 140 g/mol. The van der Waals surface area contributed by atoms with E-state index in [1.807, 2.05) is 6.92 Å². The lowest BCUT2D eigenvalue weighted by Crippen LogP contribution is -2.01. The molecule has 3 nitrogen and oxygen atoms in total. The molecule has 0 saturated carbocycles. The van der Waals surface area contributed by atoms with Gasteiger partial charge in [-0.25, -0.2) is 4.21 Å². The highest BCUT2D eigenvalue weighted by atomic mass is 32.1. The second-order valence-corrected chi connectivity index (χ2v) is 2.04. The van der Waals surface area contributed by atoms with Crippen LogP contribution in [0, 0.1) is 0 Å². The van der Waals surface area contributed by atoms with Crippen LogP contribution in [-0.4, -0.2) is 15.7 Å². The van der Waals surface area contributed by atoms with Gasteiger partial charge >= 0.3 is 0 Å². The molecule has 0 N–H and O–H groups in total. The van der Waals surface area contributed by atoms with Crippen molar-refractivity contribution in [3.63, 3.8) is 0 Å². The summed E-state index contributed by atoms with van der Waals surface area (Å²) in [6, 6.07) is 0. The van der Waals surface area contributed by atoms with Gasteiger partial charge in [0.1, 0.15) is 11.3 Å². The van der Waals surface area contributed by atoms with Crippen molar-refractivity contribution in [2.24, 2.45) is 0 Å². The van der Waals surface area contributed by atoms with Gasteiger partial charge in [-0.15, -0.1) is 0 Å². The molecule has 0 amide bonds. The van der Waals surface area contributed by atoms with Gasteiger partial charge in [-0.05, 0) is 6.42 Å². The van der Waals surface area contributed by atoms with E-state index in [2.05, 4.69) is 4.74 Å². The average Bonchev–Trinajstić information content (AvgIpc) is 1.88. The molecule has 0 aromatic heterocycles. The number of hydrogen-bond acceptors (Lipinski definition) is 3. The molecule has 0 heterocycles. The fourth-order valence-electron chi connectivity index (χ4n) is 0.378. The minimum atomic E-state index is 0.232. The third-order valence-corrected chi connectivity index (χ3v) is 1.21. The zero-order valence-electron chi connectivity index (χ0n) is 5.12. The van der Waals surface area contributed by atoms with Gasteiger partial charge in [-0.2, -0.15) is 0 Å². The lowest BCUT2D eigenvalue weighted by Gasteiger charge is -1.93. The van der Waals surface area contributed by atoms with Crippen molar-refractivity contribution in [3.8, 4) is 0 Å². The summed E-state index contributed by atoms with van der Waals surface area (Å²) in [5, 5.41) is 0.243. The van der Waals surface area contributed by atoms with E-state index in [1.54, 1.807) is 0 Å². The smallest absolute Gasteiger partial charge is 0.299 e. The molecule has 52 valence electrons. The maximum atomic E-state index is 10.0. The van der Waals surface area contributed by atoms with Crippen LogP contribution in [0.2, 0.25) is 0 Å². The second kappa shape index (κ2) is 5.50. The van der Waals surface area contributed by atoms with Gasteiger partial charge in [-0.1, -0.05) is 6.92 Å². The number of rotatable bonds is 3. The van der Waals surface area contributed by atoms with Crippen LogP contribution < -0.4 is 0 Å². The molecule has 0 aliphatic rings. The molecule has 0 saturated heterocycles. The van der Waals surface area contributed by atoms with Crippen molar-refractivity contribution in [1.82, 2.24) is 0 Å². The summed E-state index contributed by atoms with van der Waals surface area (Å²) in [4.78, 5) is 9.65. The Labute approximate surface area is 57.1 Å². The Hall–Kier alpha value is -0.640. The van der Waals surface area contributed by atoms with E-state index in [-0.39, 0.29) is 22.8 Å². The topological polar surface area (TPSA) is 43.4 Å². The van der Waals surface area contributed by atoms with Crippen LogP contribution >= 0.6 is 0 Å². The van der Waals surface area contributed by atoms with Gasteiger partial charge in [0.15, 0.2) is 5.05 Å². The first-order valence-corrected chi connectivity index (χ1v) is 3.35. The molecule has 0 aliphatic heterocycles. The summed E-state index contributed by atoms with van der Waals surface area (Å²) in [6.07, 6.45) is 1.37. The summed E-state index contributed by atoms with van der Waals surface area (Å²) in [6.45, 7) is 2.18. The minimum Gasteiger partial charge on any atom is -0.419 e. The lowest BCUT2D eigenvalue weighted by molar-refractivity contribution is -0.121. The third-order valence-electron chi connectivity index (χ3n) is 0.727. The summed E-state index contributed by atoms with van der Waals surface area (Å²) in [7, 11) is 0. The van der Waals surface area contributed by atoms with Crippen molar-refractivity contribution < 1.29 is 13.7 Å². The molecule has 0 bridgehead atoms. The molecule has 0 atom stereocenters. The van der Waals surface area contributed by atoms with Crippen LogP contribution in [0.4, 0.5) is 0 Å². The molecule has 0 aromatic carbocycles. The number of ether oxygens (including phenoxy) is 1. The predicted octanol–water partition coefficient (Wildman–Crippen LogP) is 0.302. The van der Waals surface area contributed by atoms with Gasteiger partial charge in [0, 0.05) is 6.42 Å². The van der Waals surface area contributed by atoms with Gasteiger partial charge in [-0.3, -0.25) is 4.79 Å². The Bertz CT molecular complexity index is 137. The summed E-state index contributed by atoms with van der Waals surface area (Å²) >= 11 is 0.232. The zero-order valence-corrected chi connectivity index (χ0v) is 5.94. The molecule has 0 aliphatic carbocycles. The van der Waals surface area contributed by atoms with Crippen molar-refractivity contribution in [1.29, 1.82) is 0 Å². The quantitative estimate of drug-likeness (QED) is 0.427. The fraction of sp³-hybridized carbons (Fsp3) is 0.600. The first-order chi connectivity index (χ1) is 4.35. The van der Waals surface area contributed by atoms with Crippen molar-refractivity contribution in [3.05, 3.63) is 0 Å². The zero-order chi connectivity index (χ0) is 7.11. The monoisotopic (exact) mass is 148 g/mol. The van der Waals surface area contributed by atoms with E-state index in [1.165, 1.54) is 0 Å². The van der Waals surface area contributed by atoms with Gasteiger partial charge in [0.2, 0.25) is 0 Å². The van der Waals surface area contributed by atoms with Crippen LogP contribution in [0.5, 0.6) is 0 Å². The number of hydrogen-bond donors (Lipinski definition) is 0. The molecule has 0 spiro atoms. The molecule has 4 heteroatoms. The standard InChI is InChI=1S/C5H8O3S/c1-2-3-5(9-7)8-4-6/h4H,2-3H2,1H3. The van der Waals surface area contributed by atoms with Crippen LogP contribution in [0.1, 0.15) is 19.8 Å². The molecule has 0 fully saturated rings. The maximum Gasteiger partial charge on any atom is 0.299 e. The normalized spacial score (nSPS) is 8.11. The lowest BCUT2D eigenvalue weighted by atomic mass is 10.4. The highest BCUT2D eigenvalue weighted by Crippen LogP contribution is 1.88. The summed E-state index contributed by atoms with van der Waals surface area (Å²) < 4.78 is 14.3. The van der Waals surface area contributed by atoms with Crippen LogP contribution in [0.3, 0.4) is 0 Å². The van der Waals surface area contributed by atoms with Crippen LogP contribution in [0.25, 0.3) is 0 Å². The largest absolute Gasteiger partial charge is 0.419 e. The van der Waals surface area contributed by atoms with Crippen molar-refractivity contribution in [2.45, 2.75) is 19.8 Å². The van der Waals surface area contributed by atoms with Gasteiger partial charge in [0.05, 0.1) is 0 Å². The van der Waals surface area contributed by atoms with E-state index >= 15 is 0 Å². The minimum absolute atomic E-state index is 0.232. The van der Waals surface area contributed by atoms with Crippen LogP contribution in [-0.2, 0) is 20.8 Å². The molecule has 0 aromatic rings. The maximum absolute atomic E-state index is 10.0. The first kappa shape index (κ1) is 8.36. The molecule has 0 radical (unpaired) electrons. The van der Waals surface area contributed by atoms with Crippen molar-refractivity contribution in [2.75, 3.05) is 0 Å². The fourth-order valence-corrected chi connectivity index (χ4v) is 0.744. The Morgan fingerprint density at radius 2 is 2.44 bits per heavy atom. The SMILES string of the molecule is CCCC(OC=O)=S=O. The van der Waals surface area contributed by atoms with E-state index in [0.29, 0.717) is 6.42 Å². The van der Waals surface area contributed by atoms with E-state index in [0.717, 1.165) is 6.42 Å². The number of carbonyl (C=O) groups excluding carboxylic acids is 1. The number of carbonyl (C=O) groups is 1. The second-order valence-electron chi connectivity index (χ2n) is 1.42. The Morgan fingerprint density at radius 1 is 1.78 bits per heavy atom. The summed E-state index contributed by atoms with van der Waals surface area (Å²) in [5.41, 5.74) is 0. The Balaban J connectivity index is 3.69. The first-order valence-electron chi connectivity index (χ1n) is 2.61. The van der Waals surface area contributed by atoms with E-state index < -0.39 is 0 Å². The Morgan fingerprint density at radius 3 is 2.78 bits per heavy atom. The van der Waals surface area contributed by atoms with Crippen molar-refractivity contribution >= 4 is 22.8 Å². The van der Waals surface area contributed by atoms with Crippen LogP contribution in [0.15, 0.2) is 0 Å². The summed E-state index contributed by atoms with van der Waals surface area (Å²) in [5.74, 6) is 0. The van der Waals surface area contributed by atoms with Gasteiger partial charge in [0.25, 0.3) is 6.47 Å². The highest BCUT2D eigenvalue weighted by Gasteiger charge is 1.94. The molecular formula is C5H8O3S. The van der Waals surface area contributed by atoms with E-state index in [9.17, 15) is 9.00 Å². The average molecular weight is 148 g/mol. The Kier molecular flexibility index (Phi) is 5.11. The predicted molar refractivity (Wildman–Crippen MR) is 35.2 cm³/mol. The van der Waals surface area contributed by atoms with Gasteiger partial charge < -0.3 is 4.74 Å². The van der Waals surface area contributed by atoms with E-state index in [4.69, 9.17) is 0 Å². The molecule has 0 rings (SSSR count). The highest BCUT2D eigenvalue weighted by molar-refractivity contribution is 7.66.